The number of nitrogens with two attached hydrogens (primary N) is 1. The topological polar surface area (TPSA) is 65.2 Å². The molecule has 2 saturated heterocycles. The summed E-state index contributed by atoms with van der Waals surface area (Å²) in [5.41, 5.74) is 7.12. The number of halogens is 2. The first kappa shape index (κ1) is 21.7. The first-order chi connectivity index (χ1) is 12.6. The van der Waals surface area contributed by atoms with Crippen molar-refractivity contribution in [3.8, 4) is 0 Å². The van der Waals surface area contributed by atoms with E-state index in [2.05, 4.69) is 9.89 Å². The summed E-state index contributed by atoms with van der Waals surface area (Å²) in [5.74, 6) is 0.473. The summed E-state index contributed by atoms with van der Waals surface area (Å²) in [4.78, 5) is 22.7. The fourth-order valence-electron chi connectivity index (χ4n) is 3.51. The second-order valence-corrected chi connectivity index (χ2v) is 6.88. The number of guanidine groups is 1. The van der Waals surface area contributed by atoms with Crippen molar-refractivity contribution in [3.05, 3.63) is 30.1 Å². The molecule has 0 aromatic heterocycles. The number of nitrogens with zero attached hydrogens (tertiary/aromatic N) is 4. The molecule has 0 radical (unpaired) electrons. The Bertz CT molecular complexity index is 625. The van der Waals surface area contributed by atoms with Gasteiger partial charge in [0.15, 0.2) is 5.96 Å². The number of hydrogen-bond donors (Lipinski definition) is 1. The van der Waals surface area contributed by atoms with Gasteiger partial charge in [-0.05, 0) is 43.5 Å². The summed E-state index contributed by atoms with van der Waals surface area (Å²) < 4.78 is 13.0. The Morgan fingerprint density at radius 2 is 1.59 bits per heavy atom. The molecule has 0 bridgehead atoms. The summed E-state index contributed by atoms with van der Waals surface area (Å²) in [6.07, 6.45) is 3.86. The largest absolute Gasteiger partial charge is 0.370 e. The van der Waals surface area contributed by atoms with Crippen molar-refractivity contribution in [1.29, 1.82) is 0 Å². The van der Waals surface area contributed by atoms with Crippen LogP contribution in [0.5, 0.6) is 0 Å². The van der Waals surface area contributed by atoms with Crippen molar-refractivity contribution in [1.82, 2.24) is 9.80 Å². The molecule has 2 heterocycles. The Kier molecular flexibility index (Phi) is 8.59. The molecular weight excluding hydrogens is 460 g/mol. The lowest BCUT2D eigenvalue weighted by atomic mass is 10.1. The van der Waals surface area contributed by atoms with Crippen molar-refractivity contribution in [2.45, 2.75) is 25.7 Å². The molecular formula is C19H29FIN5O. The molecule has 6 nitrogen and oxygen atoms in total. The number of rotatable bonds is 4. The summed E-state index contributed by atoms with van der Waals surface area (Å²) in [5, 5.41) is 0. The van der Waals surface area contributed by atoms with Crippen molar-refractivity contribution in [3.63, 3.8) is 0 Å². The van der Waals surface area contributed by atoms with Crippen LogP contribution in [0.15, 0.2) is 29.3 Å². The minimum Gasteiger partial charge on any atom is -0.370 e. The third kappa shape index (κ3) is 6.22. The average molecular weight is 489 g/mol. The van der Waals surface area contributed by atoms with Gasteiger partial charge in [0.05, 0.1) is 6.54 Å². The van der Waals surface area contributed by atoms with Gasteiger partial charge in [-0.1, -0.05) is 0 Å². The molecule has 2 N–H and O–H groups in total. The zero-order chi connectivity index (χ0) is 18.4. The van der Waals surface area contributed by atoms with E-state index < -0.39 is 0 Å². The van der Waals surface area contributed by atoms with E-state index in [1.807, 2.05) is 9.80 Å². The smallest absolute Gasteiger partial charge is 0.224 e. The van der Waals surface area contributed by atoms with Gasteiger partial charge in [-0.3, -0.25) is 9.79 Å². The predicted molar refractivity (Wildman–Crippen MR) is 117 cm³/mol. The maximum Gasteiger partial charge on any atom is 0.224 e. The molecule has 0 saturated carbocycles. The number of likely N-dealkylation sites (tertiary alicyclic amines) is 1. The van der Waals surface area contributed by atoms with Crippen LogP contribution in [0, 0.1) is 5.82 Å². The molecule has 150 valence electrons. The molecule has 1 aromatic rings. The van der Waals surface area contributed by atoms with Crippen LogP contribution in [-0.2, 0) is 4.79 Å². The predicted octanol–water partition coefficient (Wildman–Crippen LogP) is 2.28. The molecule has 0 spiro atoms. The zero-order valence-electron chi connectivity index (χ0n) is 15.6. The zero-order valence-corrected chi connectivity index (χ0v) is 18.0. The standard InChI is InChI=1S/C19H28FN5O.HI/c20-16-4-6-17(7-5-16)23-12-14-25(15-13-23)19(21)22-9-8-18(26)24-10-2-1-3-11-24;/h4-7H,1-3,8-15H2,(H2,21,22);1H. The fraction of sp³-hybridized carbons (Fsp3) is 0.579. The van der Waals surface area contributed by atoms with Gasteiger partial charge >= 0.3 is 0 Å². The number of carbonyl (C=O) groups is 1. The van der Waals surface area contributed by atoms with Gasteiger partial charge in [0, 0.05) is 51.4 Å². The molecule has 1 amide bonds. The van der Waals surface area contributed by atoms with Gasteiger partial charge in [-0.2, -0.15) is 0 Å². The highest BCUT2D eigenvalue weighted by molar-refractivity contribution is 14.0. The molecule has 27 heavy (non-hydrogen) atoms. The number of benzene rings is 1. The number of aliphatic imine (C=N–C) groups is 1. The Balaban J connectivity index is 0.00000261. The Labute approximate surface area is 177 Å². The van der Waals surface area contributed by atoms with Crippen molar-refractivity contribution < 1.29 is 9.18 Å². The summed E-state index contributed by atoms with van der Waals surface area (Å²) >= 11 is 0. The number of amides is 1. The first-order valence-electron chi connectivity index (χ1n) is 9.46. The van der Waals surface area contributed by atoms with Crippen LogP contribution in [0.2, 0.25) is 0 Å². The van der Waals surface area contributed by atoms with Gasteiger partial charge in [0.25, 0.3) is 0 Å². The monoisotopic (exact) mass is 489 g/mol. The molecule has 8 heteroatoms. The van der Waals surface area contributed by atoms with Gasteiger partial charge < -0.3 is 20.4 Å². The van der Waals surface area contributed by atoms with E-state index >= 15 is 0 Å². The molecule has 2 aliphatic heterocycles. The van der Waals surface area contributed by atoms with Crippen molar-refractivity contribution >= 4 is 41.5 Å². The minimum atomic E-state index is -0.220. The molecule has 0 atom stereocenters. The number of anilines is 1. The highest BCUT2D eigenvalue weighted by Gasteiger charge is 2.19. The molecule has 1 aromatic carbocycles. The normalized spacial score (nSPS) is 18.3. The molecule has 2 aliphatic rings. The van der Waals surface area contributed by atoms with E-state index in [0.717, 1.165) is 57.8 Å². The lowest BCUT2D eigenvalue weighted by Crippen LogP contribution is -2.51. The number of carbonyl (C=O) groups excluding carboxylic acids is 1. The number of piperazine rings is 1. The van der Waals surface area contributed by atoms with Gasteiger partial charge in [0.2, 0.25) is 5.91 Å². The van der Waals surface area contributed by atoms with Gasteiger partial charge in [0.1, 0.15) is 5.82 Å². The highest BCUT2D eigenvalue weighted by atomic mass is 127. The van der Waals surface area contributed by atoms with Crippen LogP contribution >= 0.6 is 24.0 Å². The SMILES string of the molecule is I.NC(=NCCC(=O)N1CCCCC1)N1CCN(c2ccc(F)cc2)CC1. The van der Waals surface area contributed by atoms with E-state index in [9.17, 15) is 9.18 Å². The van der Waals surface area contributed by atoms with Crippen LogP contribution in [0.4, 0.5) is 10.1 Å². The molecule has 0 unspecified atom stereocenters. The lowest BCUT2D eigenvalue weighted by Gasteiger charge is -2.36. The summed E-state index contributed by atoms with van der Waals surface area (Å²) in [6.45, 7) is 5.37. The van der Waals surface area contributed by atoms with Crippen molar-refractivity contribution in [2.75, 3.05) is 50.7 Å². The average Bonchev–Trinajstić information content (AvgIpc) is 2.69. The molecule has 3 rings (SSSR count). The first-order valence-corrected chi connectivity index (χ1v) is 9.46. The summed E-state index contributed by atoms with van der Waals surface area (Å²) in [7, 11) is 0. The third-order valence-corrected chi connectivity index (χ3v) is 5.10. The second-order valence-electron chi connectivity index (χ2n) is 6.88. The van der Waals surface area contributed by atoms with Crippen LogP contribution in [0.1, 0.15) is 25.7 Å². The van der Waals surface area contributed by atoms with Gasteiger partial charge in [-0.25, -0.2) is 4.39 Å². The van der Waals surface area contributed by atoms with Crippen LogP contribution in [-0.4, -0.2) is 67.5 Å². The summed E-state index contributed by atoms with van der Waals surface area (Å²) in [6, 6.07) is 6.57. The molecule has 0 aliphatic carbocycles. The van der Waals surface area contributed by atoms with Crippen LogP contribution in [0.3, 0.4) is 0 Å². The van der Waals surface area contributed by atoms with Crippen molar-refractivity contribution in [2.24, 2.45) is 10.7 Å². The third-order valence-electron chi connectivity index (χ3n) is 5.10. The number of hydrogen-bond acceptors (Lipinski definition) is 3. The fourth-order valence-corrected chi connectivity index (χ4v) is 3.51. The number of piperidine rings is 1. The second kappa shape index (κ2) is 10.7. The quantitative estimate of drug-likeness (QED) is 0.401. The van der Waals surface area contributed by atoms with E-state index in [0.29, 0.717) is 18.9 Å². The minimum absolute atomic E-state index is 0. The maximum atomic E-state index is 13.0. The Morgan fingerprint density at radius 1 is 0.963 bits per heavy atom. The maximum absolute atomic E-state index is 13.0. The van der Waals surface area contributed by atoms with Crippen LogP contribution in [0.25, 0.3) is 0 Å². The van der Waals surface area contributed by atoms with E-state index in [-0.39, 0.29) is 35.7 Å². The van der Waals surface area contributed by atoms with Gasteiger partial charge in [-0.15, -0.1) is 24.0 Å². The Hall–Kier alpha value is -1.58. The highest BCUT2D eigenvalue weighted by Crippen LogP contribution is 2.17. The molecule has 2 fully saturated rings. The van der Waals surface area contributed by atoms with Crippen LogP contribution < -0.4 is 10.6 Å². The van der Waals surface area contributed by atoms with E-state index in [1.165, 1.54) is 18.6 Å². The van der Waals surface area contributed by atoms with E-state index in [4.69, 9.17) is 5.73 Å². The Morgan fingerprint density at radius 3 is 2.22 bits per heavy atom. The van der Waals surface area contributed by atoms with E-state index in [1.54, 1.807) is 12.1 Å². The lowest BCUT2D eigenvalue weighted by molar-refractivity contribution is -0.131.